The summed E-state index contributed by atoms with van der Waals surface area (Å²) < 4.78 is 5.28. The first kappa shape index (κ1) is 15.7. The van der Waals surface area contributed by atoms with Crippen molar-refractivity contribution < 1.29 is 19.6 Å². The van der Waals surface area contributed by atoms with Crippen LogP contribution in [0.15, 0.2) is 18.2 Å². The van der Waals surface area contributed by atoms with Gasteiger partial charge < -0.3 is 14.7 Å². The van der Waals surface area contributed by atoms with E-state index in [2.05, 4.69) is 0 Å². The number of hydrogen-bond donors (Lipinski definition) is 1. The largest absolute Gasteiger partial charge is 0.494 e. The van der Waals surface area contributed by atoms with Crippen LogP contribution in [0.2, 0.25) is 0 Å². The highest BCUT2D eigenvalue weighted by Gasteiger charge is 2.33. The number of nitrogens with zero attached hydrogens (tertiary/aromatic N) is 2. The Bertz CT molecular complexity index is 527. The molecule has 20 heavy (non-hydrogen) atoms. The van der Waals surface area contributed by atoms with Crippen LogP contribution in [0.25, 0.3) is 0 Å². The molecule has 1 N–H and O–H groups in total. The second kappa shape index (κ2) is 5.77. The Hall–Kier alpha value is -2.31. The molecule has 0 atom stereocenters. The smallest absolute Gasteiger partial charge is 0.328 e. The Morgan fingerprint density at radius 2 is 2.05 bits per heavy atom. The zero-order valence-corrected chi connectivity index (χ0v) is 11.9. The fourth-order valence-electron chi connectivity index (χ4n) is 1.58. The zero-order valence-electron chi connectivity index (χ0n) is 11.9. The summed E-state index contributed by atoms with van der Waals surface area (Å²) in [6.07, 6.45) is 0. The number of hydrogen-bond acceptors (Lipinski definition) is 5. The lowest BCUT2D eigenvalue weighted by molar-refractivity contribution is -0.384. The lowest BCUT2D eigenvalue weighted by atomic mass is 10.0. The van der Waals surface area contributed by atoms with Crippen LogP contribution >= 0.6 is 0 Å². The number of carboxylic acid groups (broad SMARTS) is 1. The van der Waals surface area contributed by atoms with E-state index >= 15 is 0 Å². The Balaban J connectivity index is 3.29. The number of nitro benzene ring substituents is 1. The van der Waals surface area contributed by atoms with Gasteiger partial charge in [0, 0.05) is 24.9 Å². The molecule has 0 aromatic heterocycles. The molecule has 0 saturated carbocycles. The van der Waals surface area contributed by atoms with E-state index in [9.17, 15) is 20.0 Å². The maximum absolute atomic E-state index is 11.3. The van der Waals surface area contributed by atoms with E-state index in [4.69, 9.17) is 4.74 Å². The SMILES string of the molecule is CCOc1cc(N(C)C(C)(C)C(=O)O)cc([N+](=O)[O-])c1. The number of ether oxygens (including phenoxy) is 1. The van der Waals surface area contributed by atoms with Crippen molar-refractivity contribution in [2.24, 2.45) is 0 Å². The van der Waals surface area contributed by atoms with Crippen LogP contribution in [0, 0.1) is 10.1 Å². The van der Waals surface area contributed by atoms with Crippen LogP contribution in [0.4, 0.5) is 11.4 Å². The number of benzene rings is 1. The van der Waals surface area contributed by atoms with Gasteiger partial charge in [0.05, 0.1) is 17.6 Å². The van der Waals surface area contributed by atoms with E-state index in [0.29, 0.717) is 18.0 Å². The topological polar surface area (TPSA) is 92.9 Å². The highest BCUT2D eigenvalue weighted by molar-refractivity contribution is 5.82. The molecule has 110 valence electrons. The van der Waals surface area contributed by atoms with Gasteiger partial charge in [0.25, 0.3) is 5.69 Å². The monoisotopic (exact) mass is 282 g/mol. The number of rotatable bonds is 6. The molecule has 1 aromatic rings. The quantitative estimate of drug-likeness (QED) is 0.635. The third-order valence-corrected chi connectivity index (χ3v) is 3.15. The van der Waals surface area contributed by atoms with Crippen LogP contribution in [-0.2, 0) is 4.79 Å². The summed E-state index contributed by atoms with van der Waals surface area (Å²) in [7, 11) is 1.57. The Morgan fingerprint density at radius 1 is 1.45 bits per heavy atom. The zero-order chi connectivity index (χ0) is 15.5. The maximum atomic E-state index is 11.3. The molecule has 0 amide bonds. The summed E-state index contributed by atoms with van der Waals surface area (Å²) in [5.74, 6) is -0.686. The first-order valence-corrected chi connectivity index (χ1v) is 6.09. The third-order valence-electron chi connectivity index (χ3n) is 3.15. The number of nitro groups is 1. The van der Waals surface area contributed by atoms with Crippen LogP contribution in [0.3, 0.4) is 0 Å². The van der Waals surface area contributed by atoms with Crippen LogP contribution in [0.5, 0.6) is 5.75 Å². The summed E-state index contributed by atoms with van der Waals surface area (Å²) in [6.45, 7) is 5.18. The second-order valence-electron chi connectivity index (χ2n) is 4.80. The first-order valence-electron chi connectivity index (χ1n) is 6.09. The van der Waals surface area contributed by atoms with E-state index in [1.165, 1.54) is 30.9 Å². The molecule has 0 radical (unpaired) electrons. The van der Waals surface area contributed by atoms with Gasteiger partial charge in [-0.25, -0.2) is 4.79 Å². The molecule has 0 unspecified atom stereocenters. The third kappa shape index (κ3) is 3.17. The fraction of sp³-hybridized carbons (Fsp3) is 0.462. The van der Waals surface area contributed by atoms with Gasteiger partial charge >= 0.3 is 5.97 Å². The number of carboxylic acids is 1. The van der Waals surface area contributed by atoms with Crippen LogP contribution in [0.1, 0.15) is 20.8 Å². The fourth-order valence-corrected chi connectivity index (χ4v) is 1.58. The minimum Gasteiger partial charge on any atom is -0.494 e. The van der Waals surface area contributed by atoms with E-state index in [1.54, 1.807) is 20.0 Å². The van der Waals surface area contributed by atoms with Crippen molar-refractivity contribution in [3.63, 3.8) is 0 Å². The van der Waals surface area contributed by atoms with Crippen LogP contribution < -0.4 is 9.64 Å². The molecular weight excluding hydrogens is 264 g/mol. The molecule has 7 heteroatoms. The van der Waals surface area contributed by atoms with Gasteiger partial charge in [-0.2, -0.15) is 0 Å². The Kier molecular flexibility index (Phi) is 4.54. The number of anilines is 1. The average Bonchev–Trinajstić information content (AvgIpc) is 2.37. The molecule has 0 aliphatic heterocycles. The van der Waals surface area contributed by atoms with Gasteiger partial charge in [-0.1, -0.05) is 0 Å². The minimum absolute atomic E-state index is 0.140. The van der Waals surface area contributed by atoms with E-state index < -0.39 is 16.4 Å². The molecule has 1 aromatic carbocycles. The van der Waals surface area contributed by atoms with E-state index in [-0.39, 0.29) is 5.69 Å². The van der Waals surface area contributed by atoms with Crippen molar-refractivity contribution in [2.45, 2.75) is 26.3 Å². The van der Waals surface area contributed by atoms with Gasteiger partial charge in [-0.15, -0.1) is 0 Å². The normalized spacial score (nSPS) is 11.0. The predicted molar refractivity (Wildman–Crippen MR) is 74.4 cm³/mol. The van der Waals surface area contributed by atoms with Gasteiger partial charge in [0.2, 0.25) is 0 Å². The second-order valence-corrected chi connectivity index (χ2v) is 4.80. The molecule has 0 saturated heterocycles. The maximum Gasteiger partial charge on any atom is 0.328 e. The number of carbonyl (C=O) groups is 1. The Labute approximate surface area is 116 Å². The number of aliphatic carboxylic acids is 1. The molecular formula is C13H18N2O5. The summed E-state index contributed by atoms with van der Waals surface area (Å²) >= 11 is 0. The standard InChI is InChI=1S/C13H18N2O5/c1-5-20-11-7-9(6-10(8-11)15(18)19)14(4)13(2,3)12(16)17/h6-8H,5H2,1-4H3,(H,16,17). The van der Waals surface area contributed by atoms with Gasteiger partial charge in [0.15, 0.2) is 0 Å². The van der Waals surface area contributed by atoms with Gasteiger partial charge in [0.1, 0.15) is 11.3 Å². The molecule has 0 spiro atoms. The summed E-state index contributed by atoms with van der Waals surface area (Å²) in [5.41, 5.74) is -0.923. The highest BCUT2D eigenvalue weighted by Crippen LogP contribution is 2.31. The lowest BCUT2D eigenvalue weighted by Crippen LogP contribution is -2.48. The van der Waals surface area contributed by atoms with E-state index in [0.717, 1.165) is 0 Å². The highest BCUT2D eigenvalue weighted by atomic mass is 16.6. The van der Waals surface area contributed by atoms with Crippen LogP contribution in [-0.4, -0.2) is 35.2 Å². The molecule has 1 rings (SSSR count). The van der Waals surface area contributed by atoms with Crippen molar-refractivity contribution in [3.8, 4) is 5.75 Å². The lowest BCUT2D eigenvalue weighted by Gasteiger charge is -2.33. The van der Waals surface area contributed by atoms with Crippen molar-refractivity contribution in [3.05, 3.63) is 28.3 Å². The van der Waals surface area contributed by atoms with E-state index in [1.807, 2.05) is 0 Å². The number of non-ortho nitro benzene ring substituents is 1. The average molecular weight is 282 g/mol. The molecule has 0 fully saturated rings. The van der Waals surface area contributed by atoms with Crippen molar-refractivity contribution in [1.82, 2.24) is 0 Å². The summed E-state index contributed by atoms with van der Waals surface area (Å²) in [6, 6.07) is 4.23. The molecule has 7 nitrogen and oxygen atoms in total. The first-order chi connectivity index (χ1) is 9.20. The summed E-state index contributed by atoms with van der Waals surface area (Å²) in [4.78, 5) is 23.1. The van der Waals surface area contributed by atoms with Crippen molar-refractivity contribution in [2.75, 3.05) is 18.6 Å². The summed E-state index contributed by atoms with van der Waals surface area (Å²) in [5, 5.41) is 20.1. The molecule has 0 aliphatic carbocycles. The molecule has 0 heterocycles. The number of likely N-dealkylation sites (N-methyl/N-ethyl adjacent to an activating group) is 1. The van der Waals surface area contributed by atoms with Gasteiger partial charge in [-0.3, -0.25) is 10.1 Å². The Morgan fingerprint density at radius 3 is 2.50 bits per heavy atom. The predicted octanol–water partition coefficient (Wildman–Crippen LogP) is 2.29. The molecule has 0 aliphatic rings. The van der Waals surface area contributed by atoms with Crippen molar-refractivity contribution >= 4 is 17.3 Å². The molecule has 0 bridgehead atoms. The van der Waals surface area contributed by atoms with Crippen molar-refractivity contribution in [1.29, 1.82) is 0 Å². The van der Waals surface area contributed by atoms with Gasteiger partial charge in [-0.05, 0) is 20.8 Å². The minimum atomic E-state index is -1.20.